The second-order valence-corrected chi connectivity index (χ2v) is 6.64. The van der Waals surface area contributed by atoms with Gasteiger partial charge < -0.3 is 10.2 Å². The van der Waals surface area contributed by atoms with E-state index in [1.165, 1.54) is 0 Å². The molecule has 2 rings (SSSR count). The Morgan fingerprint density at radius 1 is 1.24 bits per heavy atom. The molecule has 0 atom stereocenters. The van der Waals surface area contributed by atoms with E-state index in [0.717, 1.165) is 25.2 Å². The molecule has 7 heteroatoms. The Hall–Kier alpha value is -1.60. The largest absolute Gasteiger partial charge is 0.324 e. The monoisotopic (exact) mass is 310 g/mol. The molecule has 21 heavy (non-hydrogen) atoms. The van der Waals surface area contributed by atoms with Crippen LogP contribution in [0.3, 0.4) is 0 Å². The number of aliphatic imine (C=N–C) groups is 1. The average Bonchev–Trinajstić information content (AvgIpc) is 2.44. The highest BCUT2D eigenvalue weighted by molar-refractivity contribution is 7.90. The van der Waals surface area contributed by atoms with Gasteiger partial charge in [0.05, 0.1) is 12.2 Å². The summed E-state index contributed by atoms with van der Waals surface area (Å²) in [6.07, 6.45) is 0. The SMILES string of the molecule is CCN(CC)CCN=C1Nc2ccc(C)cc2S(=O)(=O)N1. The third kappa shape index (κ3) is 3.74. The highest BCUT2D eigenvalue weighted by Crippen LogP contribution is 2.25. The molecule has 0 saturated heterocycles. The lowest BCUT2D eigenvalue weighted by Gasteiger charge is -2.22. The van der Waals surface area contributed by atoms with Crippen LogP contribution in [0.1, 0.15) is 19.4 Å². The molecule has 1 aliphatic rings. The summed E-state index contributed by atoms with van der Waals surface area (Å²) in [5, 5.41) is 3.03. The first-order chi connectivity index (χ1) is 9.96. The van der Waals surface area contributed by atoms with Crippen LogP contribution >= 0.6 is 0 Å². The standard InChI is InChI=1S/C14H22N4O2S/c1-4-18(5-2)9-8-15-14-16-12-7-6-11(3)10-13(12)21(19,20)17-14/h6-7,10H,4-5,8-9H2,1-3H3,(H2,15,16,17). The highest BCUT2D eigenvalue weighted by atomic mass is 32.2. The smallest absolute Gasteiger partial charge is 0.266 e. The van der Waals surface area contributed by atoms with E-state index < -0.39 is 10.0 Å². The number of benzene rings is 1. The van der Waals surface area contributed by atoms with Gasteiger partial charge in [0, 0.05) is 6.54 Å². The minimum atomic E-state index is -3.53. The minimum Gasteiger partial charge on any atom is -0.324 e. The van der Waals surface area contributed by atoms with Crippen molar-refractivity contribution in [1.82, 2.24) is 9.62 Å². The first-order valence-corrected chi connectivity index (χ1v) is 8.62. The number of aryl methyl sites for hydroxylation is 1. The highest BCUT2D eigenvalue weighted by Gasteiger charge is 2.26. The Balaban J connectivity index is 2.14. The van der Waals surface area contributed by atoms with Gasteiger partial charge >= 0.3 is 0 Å². The number of likely N-dealkylation sites (N-methyl/N-ethyl adjacent to an activating group) is 1. The van der Waals surface area contributed by atoms with Gasteiger partial charge in [0.25, 0.3) is 10.0 Å². The van der Waals surface area contributed by atoms with Crippen LogP contribution < -0.4 is 10.0 Å². The Morgan fingerprint density at radius 2 is 1.95 bits per heavy atom. The summed E-state index contributed by atoms with van der Waals surface area (Å²) >= 11 is 0. The molecule has 2 N–H and O–H groups in total. The topological polar surface area (TPSA) is 73.8 Å². The Bertz CT molecular complexity index is 636. The number of nitrogens with one attached hydrogen (secondary N) is 2. The molecule has 1 aromatic carbocycles. The molecule has 1 aliphatic heterocycles. The fourth-order valence-electron chi connectivity index (χ4n) is 2.21. The number of rotatable bonds is 5. The van der Waals surface area contributed by atoms with Crippen LogP contribution in [-0.2, 0) is 10.0 Å². The van der Waals surface area contributed by atoms with E-state index in [0.29, 0.717) is 18.2 Å². The maximum absolute atomic E-state index is 12.2. The molecule has 0 spiro atoms. The fraction of sp³-hybridized carbons (Fsp3) is 0.500. The van der Waals surface area contributed by atoms with Crippen molar-refractivity contribution in [2.45, 2.75) is 25.7 Å². The molecule has 0 aromatic heterocycles. The van der Waals surface area contributed by atoms with Crippen molar-refractivity contribution in [3.05, 3.63) is 23.8 Å². The zero-order valence-electron chi connectivity index (χ0n) is 12.7. The zero-order chi connectivity index (χ0) is 15.5. The van der Waals surface area contributed by atoms with Gasteiger partial charge in [-0.1, -0.05) is 19.9 Å². The fourth-order valence-corrected chi connectivity index (χ4v) is 3.44. The van der Waals surface area contributed by atoms with Crippen LogP contribution in [0.4, 0.5) is 5.69 Å². The van der Waals surface area contributed by atoms with Gasteiger partial charge in [0.15, 0.2) is 0 Å². The summed E-state index contributed by atoms with van der Waals surface area (Å²) in [6.45, 7) is 9.33. The predicted octanol–water partition coefficient (Wildman–Crippen LogP) is 1.40. The van der Waals surface area contributed by atoms with Gasteiger partial charge in [-0.15, -0.1) is 0 Å². The molecular weight excluding hydrogens is 288 g/mol. The summed E-state index contributed by atoms with van der Waals surface area (Å²) in [4.78, 5) is 6.81. The minimum absolute atomic E-state index is 0.269. The van der Waals surface area contributed by atoms with Crippen LogP contribution in [0.2, 0.25) is 0 Å². The van der Waals surface area contributed by atoms with Crippen molar-refractivity contribution in [3.8, 4) is 0 Å². The molecule has 0 amide bonds. The van der Waals surface area contributed by atoms with Gasteiger partial charge in [-0.3, -0.25) is 4.99 Å². The van der Waals surface area contributed by atoms with Crippen LogP contribution in [0.25, 0.3) is 0 Å². The van der Waals surface area contributed by atoms with Crippen molar-refractivity contribution in [2.24, 2.45) is 4.99 Å². The van der Waals surface area contributed by atoms with Crippen molar-refractivity contribution >= 4 is 21.7 Å². The number of nitrogens with zero attached hydrogens (tertiary/aromatic N) is 2. The zero-order valence-corrected chi connectivity index (χ0v) is 13.5. The molecule has 6 nitrogen and oxygen atoms in total. The number of sulfonamides is 1. The molecule has 1 aromatic rings. The summed E-state index contributed by atoms with van der Waals surface area (Å²) in [5.74, 6) is 0.290. The molecule has 0 aliphatic carbocycles. The molecular formula is C14H22N4O2S. The van der Waals surface area contributed by atoms with E-state index >= 15 is 0 Å². The molecule has 0 saturated carbocycles. The van der Waals surface area contributed by atoms with E-state index in [2.05, 4.69) is 33.8 Å². The first kappa shape index (κ1) is 15.8. The first-order valence-electron chi connectivity index (χ1n) is 7.13. The maximum Gasteiger partial charge on any atom is 0.266 e. The lowest BCUT2D eigenvalue weighted by Crippen LogP contribution is -2.41. The maximum atomic E-state index is 12.2. The normalized spacial score (nSPS) is 18.2. The molecule has 0 fully saturated rings. The van der Waals surface area contributed by atoms with Gasteiger partial charge in [0.2, 0.25) is 5.96 Å². The van der Waals surface area contributed by atoms with Crippen LogP contribution in [0.5, 0.6) is 0 Å². The van der Waals surface area contributed by atoms with E-state index in [1.54, 1.807) is 12.1 Å². The summed E-state index contributed by atoms with van der Waals surface area (Å²) in [7, 11) is -3.53. The molecule has 0 bridgehead atoms. The lowest BCUT2D eigenvalue weighted by atomic mass is 10.2. The number of anilines is 1. The Kier molecular flexibility index (Phi) is 4.84. The van der Waals surface area contributed by atoms with Crippen LogP contribution in [-0.4, -0.2) is 45.5 Å². The van der Waals surface area contributed by atoms with E-state index in [-0.39, 0.29) is 4.90 Å². The van der Waals surface area contributed by atoms with E-state index in [4.69, 9.17) is 0 Å². The summed E-state index contributed by atoms with van der Waals surface area (Å²) in [5.41, 5.74) is 1.48. The van der Waals surface area contributed by atoms with E-state index in [1.807, 2.05) is 13.0 Å². The van der Waals surface area contributed by atoms with Crippen molar-refractivity contribution in [3.63, 3.8) is 0 Å². The molecule has 116 valence electrons. The average molecular weight is 310 g/mol. The number of fused-ring (bicyclic) bond motifs is 1. The van der Waals surface area contributed by atoms with Gasteiger partial charge in [0.1, 0.15) is 4.90 Å². The number of guanidine groups is 1. The van der Waals surface area contributed by atoms with Crippen molar-refractivity contribution < 1.29 is 8.42 Å². The van der Waals surface area contributed by atoms with Crippen molar-refractivity contribution in [2.75, 3.05) is 31.5 Å². The summed E-state index contributed by atoms with van der Waals surface area (Å²) in [6, 6.07) is 5.29. The van der Waals surface area contributed by atoms with Gasteiger partial charge in [-0.25, -0.2) is 13.1 Å². The third-order valence-corrected chi connectivity index (χ3v) is 4.87. The van der Waals surface area contributed by atoms with Gasteiger partial charge in [-0.2, -0.15) is 0 Å². The van der Waals surface area contributed by atoms with E-state index in [9.17, 15) is 8.42 Å². The quantitative estimate of drug-likeness (QED) is 0.862. The second kappa shape index (κ2) is 6.44. The van der Waals surface area contributed by atoms with Crippen LogP contribution in [0.15, 0.2) is 28.1 Å². The van der Waals surface area contributed by atoms with Gasteiger partial charge in [-0.05, 0) is 37.7 Å². The predicted molar refractivity (Wildman–Crippen MR) is 85.2 cm³/mol. The number of hydrogen-bond donors (Lipinski definition) is 2. The molecule has 1 heterocycles. The second-order valence-electron chi connectivity index (χ2n) is 4.99. The Morgan fingerprint density at radius 3 is 2.62 bits per heavy atom. The third-order valence-electron chi connectivity index (χ3n) is 3.49. The number of hydrogen-bond acceptors (Lipinski definition) is 4. The van der Waals surface area contributed by atoms with Crippen LogP contribution in [0, 0.1) is 6.92 Å². The molecule has 0 unspecified atom stereocenters. The lowest BCUT2D eigenvalue weighted by molar-refractivity contribution is 0.313. The Labute approximate surface area is 126 Å². The molecule has 0 radical (unpaired) electrons. The summed E-state index contributed by atoms with van der Waals surface area (Å²) < 4.78 is 26.9. The van der Waals surface area contributed by atoms with Crippen molar-refractivity contribution in [1.29, 1.82) is 0 Å².